The fraction of sp³-hybridized carbons (Fsp3) is 0.500. The Bertz CT molecular complexity index is 459. The molecule has 0 saturated heterocycles. The molecule has 0 fully saturated rings. The average molecular weight is 268 g/mol. The Balaban J connectivity index is 2.06. The zero-order valence-corrected chi connectivity index (χ0v) is 10.6. The molecule has 0 aromatic carbocycles. The third-order valence-electron chi connectivity index (χ3n) is 3.06. The molecule has 2 heterocycles. The van der Waals surface area contributed by atoms with Crippen molar-refractivity contribution >= 4 is 17.3 Å². The van der Waals surface area contributed by atoms with E-state index < -0.39 is 0 Å². The van der Waals surface area contributed by atoms with E-state index in [1.165, 1.54) is 0 Å². The van der Waals surface area contributed by atoms with Gasteiger partial charge in [0.15, 0.2) is 0 Å². The molecule has 1 aromatic heterocycles. The maximum absolute atomic E-state index is 10.6. The molecular weight excluding hydrogens is 254 g/mol. The molecule has 0 aliphatic carbocycles. The van der Waals surface area contributed by atoms with E-state index in [-0.39, 0.29) is 17.4 Å². The van der Waals surface area contributed by atoms with Crippen molar-refractivity contribution in [3.63, 3.8) is 0 Å². The minimum atomic E-state index is -0.308. The van der Waals surface area contributed by atoms with Crippen molar-refractivity contribution in [2.45, 2.75) is 19.3 Å². The molecule has 0 radical (unpaired) electrons. The minimum Gasteiger partial charge on any atom is -0.287 e. The first-order valence-electron chi connectivity index (χ1n) is 5.90. The Morgan fingerprint density at radius 1 is 1.50 bits per heavy atom. The fourth-order valence-electron chi connectivity index (χ4n) is 2.20. The summed E-state index contributed by atoms with van der Waals surface area (Å²) in [5.74, 6) is 0.159. The first-order chi connectivity index (χ1) is 8.65. The van der Waals surface area contributed by atoms with Crippen LogP contribution in [0.4, 0.5) is 0 Å². The third kappa shape index (κ3) is 3.50. The summed E-state index contributed by atoms with van der Waals surface area (Å²) in [6.07, 6.45) is 4.42. The molecule has 1 aliphatic rings. The Kier molecular flexibility index (Phi) is 4.25. The molecule has 1 unspecified atom stereocenters. The van der Waals surface area contributed by atoms with E-state index >= 15 is 0 Å². The van der Waals surface area contributed by atoms with Crippen LogP contribution in [-0.4, -0.2) is 28.7 Å². The van der Waals surface area contributed by atoms with Crippen LogP contribution in [0.25, 0.3) is 0 Å². The van der Waals surface area contributed by atoms with Crippen molar-refractivity contribution in [2.24, 2.45) is 10.9 Å². The molecule has 1 aromatic rings. The molecule has 1 atom stereocenters. The quantitative estimate of drug-likeness (QED) is 0.478. The van der Waals surface area contributed by atoms with Gasteiger partial charge in [0.1, 0.15) is 5.15 Å². The molecule has 2 rings (SSSR count). The molecule has 96 valence electrons. The number of halogens is 1. The van der Waals surface area contributed by atoms with Crippen molar-refractivity contribution in [1.29, 1.82) is 0 Å². The van der Waals surface area contributed by atoms with E-state index in [1.807, 2.05) is 6.07 Å². The van der Waals surface area contributed by atoms with Crippen molar-refractivity contribution in [3.8, 4) is 0 Å². The number of hydrogen-bond acceptors (Lipinski definition) is 4. The molecule has 0 N–H and O–H groups in total. The second-order valence-electron chi connectivity index (χ2n) is 4.40. The highest BCUT2D eigenvalue weighted by atomic mass is 35.5. The van der Waals surface area contributed by atoms with Crippen LogP contribution in [0.15, 0.2) is 23.3 Å². The van der Waals surface area contributed by atoms with Crippen LogP contribution < -0.4 is 0 Å². The summed E-state index contributed by atoms with van der Waals surface area (Å²) in [4.78, 5) is 18.6. The van der Waals surface area contributed by atoms with Crippen molar-refractivity contribution in [1.82, 2.24) is 4.98 Å². The van der Waals surface area contributed by atoms with E-state index in [9.17, 15) is 10.1 Å². The molecule has 5 nitrogen and oxygen atoms in total. The predicted octanol–water partition coefficient (Wildman–Crippen LogP) is 2.41. The maximum atomic E-state index is 10.6. The third-order valence-corrected chi connectivity index (χ3v) is 3.28. The van der Waals surface area contributed by atoms with Crippen LogP contribution >= 0.6 is 11.6 Å². The second-order valence-corrected chi connectivity index (χ2v) is 4.78. The summed E-state index contributed by atoms with van der Waals surface area (Å²) < 4.78 is 0. The first kappa shape index (κ1) is 13.0. The van der Waals surface area contributed by atoms with Crippen LogP contribution in [0.1, 0.15) is 18.4 Å². The van der Waals surface area contributed by atoms with Crippen molar-refractivity contribution in [2.75, 3.05) is 13.1 Å². The molecule has 6 heteroatoms. The van der Waals surface area contributed by atoms with Crippen LogP contribution in [0.5, 0.6) is 0 Å². The zero-order chi connectivity index (χ0) is 13.0. The number of aromatic nitrogens is 1. The summed E-state index contributed by atoms with van der Waals surface area (Å²) >= 11 is 5.73. The Labute approximate surface area is 110 Å². The lowest BCUT2D eigenvalue weighted by molar-refractivity contribution is -0.463. The fourth-order valence-corrected chi connectivity index (χ4v) is 2.31. The van der Waals surface area contributed by atoms with Gasteiger partial charge in [0.05, 0.1) is 5.71 Å². The van der Waals surface area contributed by atoms with E-state index in [1.54, 1.807) is 12.3 Å². The Hall–Kier alpha value is -1.49. The van der Waals surface area contributed by atoms with E-state index in [4.69, 9.17) is 11.6 Å². The SMILES string of the molecule is O=[N+]([O-])CC1=NCCCC1Cc1ccc(Cl)nc1. The molecule has 1 aliphatic heterocycles. The summed E-state index contributed by atoms with van der Waals surface area (Å²) in [6, 6.07) is 3.65. The lowest BCUT2D eigenvalue weighted by atomic mass is 9.89. The van der Waals surface area contributed by atoms with Crippen LogP contribution in [0.2, 0.25) is 5.15 Å². The largest absolute Gasteiger partial charge is 0.287 e. The standard InChI is InChI=1S/C12H14ClN3O2/c13-12-4-3-9(7-15-12)6-10-2-1-5-14-11(10)8-16(17)18/h3-4,7,10H,1-2,5-6,8H2. The first-order valence-corrected chi connectivity index (χ1v) is 6.28. The molecule has 0 saturated carbocycles. The minimum absolute atomic E-state index is 0.147. The molecule has 18 heavy (non-hydrogen) atoms. The second kappa shape index (κ2) is 5.91. The summed E-state index contributed by atoms with van der Waals surface area (Å²) in [5, 5.41) is 11.1. The summed E-state index contributed by atoms with van der Waals surface area (Å²) in [5.41, 5.74) is 1.75. The number of aliphatic imine (C=N–C) groups is 1. The number of nitrogens with zero attached hydrogens (tertiary/aromatic N) is 3. The van der Waals surface area contributed by atoms with Gasteiger partial charge in [0, 0.05) is 23.6 Å². The highest BCUT2D eigenvalue weighted by Gasteiger charge is 2.23. The van der Waals surface area contributed by atoms with E-state index in [0.29, 0.717) is 17.4 Å². The number of nitro groups is 1. The van der Waals surface area contributed by atoms with Gasteiger partial charge in [0.25, 0.3) is 0 Å². The van der Waals surface area contributed by atoms with Gasteiger partial charge in [-0.2, -0.15) is 0 Å². The van der Waals surface area contributed by atoms with Gasteiger partial charge in [-0.15, -0.1) is 0 Å². The maximum Gasteiger partial charge on any atom is 0.241 e. The smallest absolute Gasteiger partial charge is 0.241 e. The average Bonchev–Trinajstić information content (AvgIpc) is 2.34. The Morgan fingerprint density at radius 3 is 3.00 bits per heavy atom. The van der Waals surface area contributed by atoms with Gasteiger partial charge in [-0.3, -0.25) is 15.1 Å². The molecule has 0 amide bonds. The highest BCUT2D eigenvalue weighted by molar-refractivity contribution is 6.29. The predicted molar refractivity (Wildman–Crippen MR) is 69.8 cm³/mol. The number of hydrogen-bond donors (Lipinski definition) is 0. The molecular formula is C12H14ClN3O2. The monoisotopic (exact) mass is 267 g/mol. The van der Waals surface area contributed by atoms with Crippen LogP contribution in [0.3, 0.4) is 0 Å². The van der Waals surface area contributed by atoms with E-state index in [2.05, 4.69) is 9.98 Å². The topological polar surface area (TPSA) is 68.4 Å². The van der Waals surface area contributed by atoms with Crippen LogP contribution in [-0.2, 0) is 6.42 Å². The lowest BCUT2D eigenvalue weighted by Gasteiger charge is -2.20. The van der Waals surface area contributed by atoms with Crippen molar-refractivity contribution in [3.05, 3.63) is 39.2 Å². The number of pyridine rings is 1. The van der Waals surface area contributed by atoms with Gasteiger partial charge in [-0.25, -0.2) is 4.98 Å². The van der Waals surface area contributed by atoms with Gasteiger partial charge >= 0.3 is 0 Å². The van der Waals surface area contributed by atoms with Gasteiger partial charge in [0.2, 0.25) is 6.54 Å². The lowest BCUT2D eigenvalue weighted by Crippen LogP contribution is -2.28. The number of rotatable bonds is 4. The zero-order valence-electron chi connectivity index (χ0n) is 9.88. The van der Waals surface area contributed by atoms with Gasteiger partial charge in [-0.05, 0) is 30.9 Å². The highest BCUT2D eigenvalue weighted by Crippen LogP contribution is 2.20. The van der Waals surface area contributed by atoms with Crippen LogP contribution in [0, 0.1) is 16.0 Å². The summed E-state index contributed by atoms with van der Waals surface area (Å²) in [6.45, 7) is 0.560. The Morgan fingerprint density at radius 2 is 2.33 bits per heavy atom. The summed E-state index contributed by atoms with van der Waals surface area (Å²) in [7, 11) is 0. The van der Waals surface area contributed by atoms with Gasteiger partial charge in [-0.1, -0.05) is 17.7 Å². The van der Waals surface area contributed by atoms with E-state index in [0.717, 1.165) is 24.8 Å². The van der Waals surface area contributed by atoms with Crippen molar-refractivity contribution < 1.29 is 4.92 Å². The molecule has 0 spiro atoms. The van der Waals surface area contributed by atoms with Gasteiger partial charge < -0.3 is 0 Å². The normalized spacial score (nSPS) is 19.4. The molecule has 0 bridgehead atoms.